The van der Waals surface area contributed by atoms with Crippen molar-refractivity contribution in [2.24, 2.45) is 5.92 Å². The van der Waals surface area contributed by atoms with Crippen LogP contribution < -0.4 is 10.9 Å². The summed E-state index contributed by atoms with van der Waals surface area (Å²) in [7, 11) is 0. The highest BCUT2D eigenvalue weighted by Gasteiger charge is 2.31. The van der Waals surface area contributed by atoms with Gasteiger partial charge in [-0.1, -0.05) is 0 Å². The van der Waals surface area contributed by atoms with Gasteiger partial charge in [0, 0.05) is 50.5 Å². The van der Waals surface area contributed by atoms with Crippen LogP contribution in [0, 0.1) is 12.8 Å². The summed E-state index contributed by atoms with van der Waals surface area (Å²) in [5, 5.41) is 18.2. The normalized spacial score (nSPS) is 19.5. The number of fused-ring (bicyclic) bond motifs is 1. The molecule has 2 saturated heterocycles. The SMILES string of the molecule is Cc1nn2c(O)c(C(=O)NC3CC3)c(=O)n(CC3CCOCC3)c2c1C=CC(=O)N1CCOCC1. The first-order valence-electron chi connectivity index (χ1n) is 12.2. The fourth-order valence-corrected chi connectivity index (χ4v) is 4.65. The smallest absolute Gasteiger partial charge is 0.270 e. The van der Waals surface area contributed by atoms with Crippen molar-refractivity contribution >= 4 is 23.5 Å². The summed E-state index contributed by atoms with van der Waals surface area (Å²) in [6.07, 6.45) is 6.39. The molecular weight excluding hydrogens is 454 g/mol. The monoisotopic (exact) mass is 485 g/mol. The molecule has 0 bridgehead atoms. The Balaban J connectivity index is 1.58. The van der Waals surface area contributed by atoms with Crippen molar-refractivity contribution in [1.29, 1.82) is 0 Å². The zero-order valence-corrected chi connectivity index (χ0v) is 19.9. The first kappa shape index (κ1) is 23.6. The molecular formula is C24H31N5O6. The summed E-state index contributed by atoms with van der Waals surface area (Å²) < 4.78 is 13.5. The summed E-state index contributed by atoms with van der Waals surface area (Å²) in [6.45, 7) is 5.37. The number of hydrogen-bond donors (Lipinski definition) is 2. The Hall–Kier alpha value is -3.18. The zero-order valence-electron chi connectivity index (χ0n) is 19.9. The summed E-state index contributed by atoms with van der Waals surface area (Å²) >= 11 is 0. The second kappa shape index (κ2) is 9.82. The summed E-state index contributed by atoms with van der Waals surface area (Å²) in [4.78, 5) is 40.9. The van der Waals surface area contributed by atoms with Gasteiger partial charge in [0.1, 0.15) is 5.65 Å². The molecule has 35 heavy (non-hydrogen) atoms. The molecule has 0 aromatic carbocycles. The van der Waals surface area contributed by atoms with Gasteiger partial charge in [0.15, 0.2) is 5.56 Å². The third-order valence-corrected chi connectivity index (χ3v) is 6.86. The summed E-state index contributed by atoms with van der Waals surface area (Å²) in [6, 6.07) is 0.0324. The maximum atomic E-state index is 13.6. The fraction of sp³-hybridized carbons (Fsp3) is 0.583. The molecule has 0 atom stereocenters. The highest BCUT2D eigenvalue weighted by Crippen LogP contribution is 2.26. The molecule has 0 spiro atoms. The van der Waals surface area contributed by atoms with E-state index in [0.29, 0.717) is 63.0 Å². The third kappa shape index (κ3) is 4.83. The van der Waals surface area contributed by atoms with Crippen LogP contribution in [0.1, 0.15) is 47.3 Å². The Kier molecular flexibility index (Phi) is 6.61. The first-order chi connectivity index (χ1) is 16.9. The molecule has 2 aromatic heterocycles. The van der Waals surface area contributed by atoms with Gasteiger partial charge in [-0.3, -0.25) is 19.0 Å². The lowest BCUT2D eigenvalue weighted by Gasteiger charge is -2.25. The first-order valence-corrected chi connectivity index (χ1v) is 12.2. The number of ether oxygens (including phenoxy) is 2. The van der Waals surface area contributed by atoms with Gasteiger partial charge < -0.3 is 24.8 Å². The molecule has 3 aliphatic rings. The zero-order chi connectivity index (χ0) is 24.5. The molecule has 3 fully saturated rings. The van der Waals surface area contributed by atoms with E-state index in [-0.39, 0.29) is 23.4 Å². The molecule has 0 radical (unpaired) electrons. The van der Waals surface area contributed by atoms with Gasteiger partial charge in [-0.15, -0.1) is 0 Å². The van der Waals surface area contributed by atoms with Crippen LogP contribution in [0.4, 0.5) is 0 Å². The molecule has 2 N–H and O–H groups in total. The molecule has 1 saturated carbocycles. The van der Waals surface area contributed by atoms with Gasteiger partial charge in [0.05, 0.1) is 18.9 Å². The lowest BCUT2D eigenvalue weighted by atomic mass is 10.00. The standard InChI is InChI=1S/C24H31N5O6/c1-15-18(4-5-19(30)27-8-12-35-13-9-27)22-28(14-16-6-10-34-11-7-16)23(32)20(24(33)29(22)26-15)21(31)25-17-2-3-17/h4-5,16-17,33H,2-3,6-14H2,1H3,(H,25,31). The van der Waals surface area contributed by atoms with E-state index in [2.05, 4.69) is 10.4 Å². The molecule has 2 amide bonds. The van der Waals surface area contributed by atoms with Crippen molar-refractivity contribution in [3.8, 4) is 5.88 Å². The van der Waals surface area contributed by atoms with Gasteiger partial charge in [0.2, 0.25) is 11.8 Å². The summed E-state index contributed by atoms with van der Waals surface area (Å²) in [5.41, 5.74) is 0.587. The van der Waals surface area contributed by atoms with Gasteiger partial charge >= 0.3 is 0 Å². The Labute approximate surface area is 202 Å². The maximum Gasteiger partial charge on any atom is 0.270 e. The van der Waals surface area contributed by atoms with Crippen LogP contribution in [-0.2, 0) is 20.8 Å². The Morgan fingerprint density at radius 1 is 1.11 bits per heavy atom. The van der Waals surface area contributed by atoms with E-state index >= 15 is 0 Å². The lowest BCUT2D eigenvalue weighted by Crippen LogP contribution is -2.39. The fourth-order valence-electron chi connectivity index (χ4n) is 4.65. The molecule has 0 unspecified atom stereocenters. The Morgan fingerprint density at radius 3 is 2.49 bits per heavy atom. The number of carbonyl (C=O) groups is 2. The number of rotatable bonds is 6. The maximum absolute atomic E-state index is 13.6. The topological polar surface area (TPSA) is 127 Å². The van der Waals surface area contributed by atoms with Crippen LogP contribution >= 0.6 is 0 Å². The minimum absolute atomic E-state index is 0.0324. The minimum atomic E-state index is -0.592. The van der Waals surface area contributed by atoms with Gasteiger partial charge in [-0.25, -0.2) is 0 Å². The molecule has 11 nitrogen and oxygen atoms in total. The van der Waals surface area contributed by atoms with Crippen molar-refractivity contribution in [2.75, 3.05) is 39.5 Å². The van der Waals surface area contributed by atoms with Crippen LogP contribution in [0.15, 0.2) is 10.9 Å². The van der Waals surface area contributed by atoms with E-state index in [1.165, 1.54) is 15.2 Å². The van der Waals surface area contributed by atoms with Crippen LogP contribution in [-0.4, -0.2) is 81.6 Å². The Bertz CT molecular complexity index is 1220. The van der Waals surface area contributed by atoms with Crippen molar-refractivity contribution in [3.63, 3.8) is 0 Å². The van der Waals surface area contributed by atoms with E-state index in [1.54, 1.807) is 17.9 Å². The second-order valence-corrected chi connectivity index (χ2v) is 9.42. The molecule has 4 heterocycles. The van der Waals surface area contributed by atoms with Crippen molar-refractivity contribution in [1.82, 2.24) is 24.4 Å². The van der Waals surface area contributed by atoms with Crippen molar-refractivity contribution in [3.05, 3.63) is 33.3 Å². The van der Waals surface area contributed by atoms with Gasteiger partial charge in [-0.05, 0) is 44.6 Å². The second-order valence-electron chi connectivity index (χ2n) is 9.42. The predicted octanol–water partition coefficient (Wildman–Crippen LogP) is 0.701. The quantitative estimate of drug-likeness (QED) is 0.577. The summed E-state index contributed by atoms with van der Waals surface area (Å²) in [5.74, 6) is -1.06. The Morgan fingerprint density at radius 2 is 1.80 bits per heavy atom. The van der Waals surface area contributed by atoms with E-state index < -0.39 is 17.3 Å². The van der Waals surface area contributed by atoms with Crippen LogP contribution in [0.25, 0.3) is 11.7 Å². The average Bonchev–Trinajstić information content (AvgIpc) is 3.62. The van der Waals surface area contributed by atoms with Gasteiger partial charge in [0.25, 0.3) is 11.5 Å². The van der Waals surface area contributed by atoms with Crippen molar-refractivity contribution < 1.29 is 24.2 Å². The number of nitrogens with zero attached hydrogens (tertiary/aromatic N) is 4. The number of morpholine rings is 1. The number of hydrogen-bond acceptors (Lipinski definition) is 7. The predicted molar refractivity (Wildman–Crippen MR) is 126 cm³/mol. The highest BCUT2D eigenvalue weighted by atomic mass is 16.5. The molecule has 1 aliphatic carbocycles. The van der Waals surface area contributed by atoms with Crippen LogP contribution in [0.3, 0.4) is 0 Å². The van der Waals surface area contributed by atoms with E-state index in [9.17, 15) is 19.5 Å². The van der Waals surface area contributed by atoms with E-state index in [0.717, 1.165) is 25.7 Å². The van der Waals surface area contributed by atoms with Crippen molar-refractivity contribution in [2.45, 2.75) is 45.2 Å². The number of carbonyl (C=O) groups excluding carboxylic acids is 2. The number of amides is 2. The average molecular weight is 486 g/mol. The molecule has 188 valence electrons. The molecule has 11 heteroatoms. The largest absolute Gasteiger partial charge is 0.492 e. The highest BCUT2D eigenvalue weighted by molar-refractivity contribution is 5.97. The minimum Gasteiger partial charge on any atom is -0.492 e. The van der Waals surface area contributed by atoms with Crippen LogP contribution in [0.5, 0.6) is 5.88 Å². The van der Waals surface area contributed by atoms with E-state index in [1.807, 2.05) is 0 Å². The van der Waals surface area contributed by atoms with E-state index in [4.69, 9.17) is 9.47 Å². The van der Waals surface area contributed by atoms with Crippen LogP contribution in [0.2, 0.25) is 0 Å². The third-order valence-electron chi connectivity index (χ3n) is 6.86. The number of nitrogens with one attached hydrogen (secondary N) is 1. The molecule has 2 aromatic rings. The number of aromatic hydroxyl groups is 1. The van der Waals surface area contributed by atoms with Gasteiger partial charge in [-0.2, -0.15) is 9.61 Å². The lowest BCUT2D eigenvalue weighted by molar-refractivity contribution is -0.129. The molecule has 2 aliphatic heterocycles. The number of aromatic nitrogens is 3. The molecule has 5 rings (SSSR count). The number of aryl methyl sites for hydroxylation is 1.